The van der Waals surface area contributed by atoms with E-state index in [-0.39, 0.29) is 11.4 Å². The summed E-state index contributed by atoms with van der Waals surface area (Å²) in [6.45, 7) is 2.92. The van der Waals surface area contributed by atoms with Crippen LogP contribution in [-0.2, 0) is 26.2 Å². The van der Waals surface area contributed by atoms with Gasteiger partial charge in [-0.1, -0.05) is 62.9 Å². The third-order valence-electron chi connectivity index (χ3n) is 5.75. The van der Waals surface area contributed by atoms with Crippen molar-refractivity contribution in [1.29, 1.82) is 0 Å². The van der Waals surface area contributed by atoms with Crippen LogP contribution in [-0.4, -0.2) is 44.8 Å². The summed E-state index contributed by atoms with van der Waals surface area (Å²) in [6, 6.07) is 17.0. The molecule has 3 aromatic carbocycles. The monoisotopic (exact) mass is 625 g/mol. The molecule has 2 amide bonds. The second-order valence-corrected chi connectivity index (χ2v) is 12.0. The smallest absolute Gasteiger partial charge is 0.264 e. The van der Waals surface area contributed by atoms with E-state index in [1.54, 1.807) is 61.5 Å². The van der Waals surface area contributed by atoms with Gasteiger partial charge in [0.2, 0.25) is 11.8 Å². The van der Waals surface area contributed by atoms with Gasteiger partial charge in [-0.3, -0.25) is 13.9 Å². The Labute approximate surface area is 235 Å². The van der Waals surface area contributed by atoms with E-state index in [1.165, 1.54) is 24.1 Å². The molecule has 196 valence electrons. The number of carbonyl (C=O) groups excluding carboxylic acids is 2. The van der Waals surface area contributed by atoms with Crippen molar-refractivity contribution in [1.82, 2.24) is 10.2 Å². The molecule has 7 nitrogen and oxygen atoms in total. The molecule has 0 aromatic heterocycles. The third kappa shape index (κ3) is 7.04. The Bertz CT molecular complexity index is 1380. The molecule has 37 heavy (non-hydrogen) atoms. The summed E-state index contributed by atoms with van der Waals surface area (Å²) < 4.78 is 29.2. The van der Waals surface area contributed by atoms with Crippen molar-refractivity contribution in [3.63, 3.8) is 0 Å². The van der Waals surface area contributed by atoms with Gasteiger partial charge >= 0.3 is 0 Å². The van der Waals surface area contributed by atoms with Crippen molar-refractivity contribution in [3.05, 3.63) is 92.4 Å². The quantitative estimate of drug-likeness (QED) is 0.344. The topological polar surface area (TPSA) is 86.8 Å². The maximum atomic E-state index is 13.7. The summed E-state index contributed by atoms with van der Waals surface area (Å²) in [5.41, 5.74) is 1.84. The molecule has 0 aliphatic rings. The van der Waals surface area contributed by atoms with Crippen LogP contribution in [0.1, 0.15) is 18.1 Å². The molecule has 3 aromatic rings. The number of halogens is 3. The van der Waals surface area contributed by atoms with Gasteiger partial charge in [-0.25, -0.2) is 8.42 Å². The lowest BCUT2D eigenvalue weighted by Gasteiger charge is -2.31. The largest absolute Gasteiger partial charge is 0.357 e. The fourth-order valence-electron chi connectivity index (χ4n) is 3.60. The average Bonchev–Trinajstić information content (AvgIpc) is 2.87. The molecular weight excluding hydrogens is 601 g/mol. The first-order valence-corrected chi connectivity index (χ1v) is 14.2. The van der Waals surface area contributed by atoms with Gasteiger partial charge in [-0.05, 0) is 67.9 Å². The van der Waals surface area contributed by atoms with Gasteiger partial charge in [-0.2, -0.15) is 0 Å². The second kappa shape index (κ2) is 12.3. The highest BCUT2D eigenvalue weighted by atomic mass is 79.9. The molecule has 3 rings (SSSR count). The summed E-state index contributed by atoms with van der Waals surface area (Å²) in [4.78, 5) is 27.6. The van der Waals surface area contributed by atoms with Gasteiger partial charge in [0.25, 0.3) is 10.0 Å². The first kappa shape index (κ1) is 29.0. The van der Waals surface area contributed by atoms with Crippen molar-refractivity contribution in [2.45, 2.75) is 31.3 Å². The minimum absolute atomic E-state index is 0.0169. The lowest BCUT2D eigenvalue weighted by Crippen LogP contribution is -2.50. The molecule has 0 aliphatic carbocycles. The zero-order valence-electron chi connectivity index (χ0n) is 20.4. The van der Waals surface area contributed by atoms with Crippen LogP contribution in [0.3, 0.4) is 0 Å². The Balaban J connectivity index is 2.03. The Kier molecular flexibility index (Phi) is 9.63. The Morgan fingerprint density at radius 1 is 0.973 bits per heavy atom. The van der Waals surface area contributed by atoms with Gasteiger partial charge in [0.15, 0.2) is 0 Å². The van der Waals surface area contributed by atoms with Crippen molar-refractivity contribution >= 4 is 66.7 Å². The number of aryl methyl sites for hydroxylation is 1. The first-order valence-electron chi connectivity index (χ1n) is 11.2. The van der Waals surface area contributed by atoms with Crippen molar-refractivity contribution in [2.75, 3.05) is 17.9 Å². The van der Waals surface area contributed by atoms with Gasteiger partial charge in [0, 0.05) is 18.1 Å². The van der Waals surface area contributed by atoms with Crippen LogP contribution in [0, 0.1) is 6.92 Å². The summed E-state index contributed by atoms with van der Waals surface area (Å²) in [5, 5.41) is 3.20. The van der Waals surface area contributed by atoms with Crippen molar-refractivity contribution in [3.8, 4) is 0 Å². The molecule has 0 spiro atoms. The average molecular weight is 627 g/mol. The summed E-state index contributed by atoms with van der Waals surface area (Å²) in [5.74, 6) is -0.967. The van der Waals surface area contributed by atoms with Crippen LogP contribution >= 0.6 is 39.1 Å². The highest BCUT2D eigenvalue weighted by Crippen LogP contribution is 2.27. The number of benzene rings is 3. The standard InChI is InChI=1S/C26H26BrCl2N3O4S/c1-17-4-11-22(12-5-17)37(35,36)32(21-9-7-20(27)8-10-21)16-25(33)31(18(2)26(34)30-3)15-19-6-13-23(28)24(29)14-19/h4-14,18H,15-16H2,1-3H3,(H,30,34). The molecule has 0 saturated heterocycles. The first-order chi connectivity index (χ1) is 17.4. The zero-order valence-corrected chi connectivity index (χ0v) is 24.3. The number of hydrogen-bond acceptors (Lipinski definition) is 4. The highest BCUT2D eigenvalue weighted by Gasteiger charge is 2.32. The van der Waals surface area contributed by atoms with Crippen molar-refractivity contribution < 1.29 is 18.0 Å². The lowest BCUT2D eigenvalue weighted by atomic mass is 10.1. The van der Waals surface area contributed by atoms with Gasteiger partial charge in [0.05, 0.1) is 20.6 Å². The minimum Gasteiger partial charge on any atom is -0.357 e. The van der Waals surface area contributed by atoms with E-state index in [2.05, 4.69) is 21.2 Å². The molecule has 0 fully saturated rings. The second-order valence-electron chi connectivity index (χ2n) is 8.36. The van der Waals surface area contributed by atoms with E-state index < -0.39 is 34.4 Å². The van der Waals surface area contributed by atoms with Crippen LogP contribution in [0.25, 0.3) is 0 Å². The third-order valence-corrected chi connectivity index (χ3v) is 8.81. The van der Waals surface area contributed by atoms with Gasteiger partial charge < -0.3 is 10.2 Å². The van der Waals surface area contributed by atoms with E-state index >= 15 is 0 Å². The van der Waals surface area contributed by atoms with E-state index in [0.717, 1.165) is 14.3 Å². The van der Waals surface area contributed by atoms with E-state index in [4.69, 9.17) is 23.2 Å². The maximum Gasteiger partial charge on any atom is 0.264 e. The van der Waals surface area contributed by atoms with Crippen LogP contribution in [0.4, 0.5) is 5.69 Å². The van der Waals surface area contributed by atoms with Crippen LogP contribution in [0.2, 0.25) is 10.0 Å². The van der Waals surface area contributed by atoms with E-state index in [0.29, 0.717) is 21.3 Å². The fourth-order valence-corrected chi connectivity index (χ4v) is 5.60. The molecule has 1 unspecified atom stereocenters. The Morgan fingerprint density at radius 3 is 2.16 bits per heavy atom. The summed E-state index contributed by atoms with van der Waals surface area (Å²) in [7, 11) is -2.65. The van der Waals surface area contributed by atoms with Crippen LogP contribution < -0.4 is 9.62 Å². The molecule has 0 aliphatic heterocycles. The Hall–Kier alpha value is -2.59. The van der Waals surface area contributed by atoms with E-state index in [9.17, 15) is 18.0 Å². The predicted octanol–water partition coefficient (Wildman–Crippen LogP) is 5.42. The molecule has 0 radical (unpaired) electrons. The van der Waals surface area contributed by atoms with Gasteiger partial charge in [-0.15, -0.1) is 0 Å². The number of carbonyl (C=O) groups is 2. The normalized spacial score (nSPS) is 12.1. The number of amides is 2. The van der Waals surface area contributed by atoms with E-state index in [1.807, 2.05) is 6.92 Å². The van der Waals surface area contributed by atoms with Crippen molar-refractivity contribution in [2.24, 2.45) is 0 Å². The number of likely N-dealkylation sites (N-methyl/N-ethyl adjacent to an activating group) is 1. The molecule has 1 N–H and O–H groups in total. The molecular formula is C26H26BrCl2N3O4S. The highest BCUT2D eigenvalue weighted by molar-refractivity contribution is 9.10. The Morgan fingerprint density at radius 2 is 1.59 bits per heavy atom. The number of anilines is 1. The molecule has 0 heterocycles. The summed E-state index contributed by atoms with van der Waals surface area (Å²) in [6.07, 6.45) is 0. The SMILES string of the molecule is CNC(=O)C(C)N(Cc1ccc(Cl)c(Cl)c1)C(=O)CN(c1ccc(Br)cc1)S(=O)(=O)c1ccc(C)cc1. The number of nitrogens with zero attached hydrogens (tertiary/aromatic N) is 2. The lowest BCUT2D eigenvalue weighted by molar-refractivity contribution is -0.139. The molecule has 11 heteroatoms. The molecule has 0 bridgehead atoms. The maximum absolute atomic E-state index is 13.7. The van der Waals surface area contributed by atoms with Crippen LogP contribution in [0.5, 0.6) is 0 Å². The number of rotatable bonds is 9. The molecule has 1 atom stereocenters. The molecule has 0 saturated carbocycles. The predicted molar refractivity (Wildman–Crippen MR) is 150 cm³/mol. The number of sulfonamides is 1. The minimum atomic E-state index is -4.12. The number of hydrogen-bond donors (Lipinski definition) is 1. The summed E-state index contributed by atoms with van der Waals surface area (Å²) >= 11 is 15.5. The fraction of sp³-hybridized carbons (Fsp3) is 0.231. The zero-order chi connectivity index (χ0) is 27.3. The number of nitrogens with one attached hydrogen (secondary N) is 1. The van der Waals surface area contributed by atoms with Gasteiger partial charge in [0.1, 0.15) is 12.6 Å². The van der Waals surface area contributed by atoms with Crippen LogP contribution in [0.15, 0.2) is 76.1 Å².